The number of imide groups is 2. The zero-order chi connectivity index (χ0) is 23.6. The number of amides is 4. The zero-order valence-corrected chi connectivity index (χ0v) is 21.2. The quantitative estimate of drug-likeness (QED) is 0.376. The van der Waals surface area contributed by atoms with E-state index in [4.69, 9.17) is 9.47 Å². The summed E-state index contributed by atoms with van der Waals surface area (Å²) < 4.78 is 13.0. The molecular formula is C23H22Br2N2O5. The SMILES string of the molecule is CCOc1cc(/C=C2/C(=O)NC(=O)N(c3ccc(Br)cc3C)C2=O)cc(Br)c1OC(C)C. The van der Waals surface area contributed by atoms with E-state index in [1.165, 1.54) is 6.08 Å². The molecule has 0 aliphatic carbocycles. The summed E-state index contributed by atoms with van der Waals surface area (Å²) in [5.41, 5.74) is 1.47. The van der Waals surface area contributed by atoms with Crippen LogP contribution in [-0.2, 0) is 9.59 Å². The second-order valence-electron chi connectivity index (χ2n) is 7.32. The van der Waals surface area contributed by atoms with Crippen LogP contribution in [0.5, 0.6) is 11.5 Å². The van der Waals surface area contributed by atoms with Gasteiger partial charge in [0.1, 0.15) is 5.57 Å². The number of anilines is 1. The number of hydrogen-bond acceptors (Lipinski definition) is 5. The molecule has 1 N–H and O–H groups in total. The third kappa shape index (κ3) is 5.05. The molecule has 0 atom stereocenters. The summed E-state index contributed by atoms with van der Waals surface area (Å²) >= 11 is 6.84. The number of ether oxygens (including phenoxy) is 2. The molecule has 1 aliphatic rings. The van der Waals surface area contributed by atoms with Crippen LogP contribution in [0.2, 0.25) is 0 Å². The van der Waals surface area contributed by atoms with Gasteiger partial charge in [0.15, 0.2) is 11.5 Å². The smallest absolute Gasteiger partial charge is 0.335 e. The minimum absolute atomic E-state index is 0.0749. The monoisotopic (exact) mass is 564 g/mol. The first-order valence-electron chi connectivity index (χ1n) is 9.93. The van der Waals surface area contributed by atoms with Crippen LogP contribution >= 0.6 is 31.9 Å². The van der Waals surface area contributed by atoms with Crippen LogP contribution in [0.4, 0.5) is 10.5 Å². The topological polar surface area (TPSA) is 84.9 Å². The fraction of sp³-hybridized carbons (Fsp3) is 0.261. The molecule has 1 aliphatic heterocycles. The molecule has 0 unspecified atom stereocenters. The molecule has 0 bridgehead atoms. The lowest BCUT2D eigenvalue weighted by atomic mass is 10.1. The first-order valence-corrected chi connectivity index (χ1v) is 11.5. The zero-order valence-electron chi connectivity index (χ0n) is 18.0. The normalized spacial score (nSPS) is 15.4. The molecule has 32 heavy (non-hydrogen) atoms. The Labute approximate surface area is 203 Å². The van der Waals surface area contributed by atoms with Crippen molar-refractivity contribution in [1.29, 1.82) is 0 Å². The van der Waals surface area contributed by atoms with Gasteiger partial charge in [-0.2, -0.15) is 0 Å². The Hall–Kier alpha value is -2.65. The molecule has 9 heteroatoms. The van der Waals surface area contributed by atoms with Gasteiger partial charge in [-0.25, -0.2) is 9.69 Å². The number of carbonyl (C=O) groups is 3. The van der Waals surface area contributed by atoms with Crippen LogP contribution < -0.4 is 19.7 Å². The molecule has 0 saturated carbocycles. The van der Waals surface area contributed by atoms with Crippen molar-refractivity contribution in [1.82, 2.24) is 5.32 Å². The first-order chi connectivity index (χ1) is 15.1. The van der Waals surface area contributed by atoms with Crippen molar-refractivity contribution in [3.8, 4) is 11.5 Å². The van der Waals surface area contributed by atoms with Crippen molar-refractivity contribution in [2.24, 2.45) is 0 Å². The van der Waals surface area contributed by atoms with E-state index in [0.717, 1.165) is 9.37 Å². The van der Waals surface area contributed by atoms with E-state index >= 15 is 0 Å². The summed E-state index contributed by atoms with van der Waals surface area (Å²) in [5, 5.41) is 2.24. The van der Waals surface area contributed by atoms with Gasteiger partial charge in [-0.1, -0.05) is 15.9 Å². The third-order valence-corrected chi connectivity index (χ3v) is 5.58. The molecule has 2 aromatic rings. The van der Waals surface area contributed by atoms with Crippen LogP contribution in [0.15, 0.2) is 44.9 Å². The molecule has 3 rings (SSSR count). The van der Waals surface area contributed by atoms with Gasteiger partial charge in [-0.3, -0.25) is 14.9 Å². The molecule has 0 aromatic heterocycles. The maximum absolute atomic E-state index is 13.2. The molecule has 4 amide bonds. The standard InChI is InChI=1S/C23H22Br2N2O5/c1-5-31-19-11-14(10-17(25)20(19)32-12(2)3)9-16-21(28)26-23(30)27(22(16)29)18-7-6-15(24)8-13(18)4/h6-12H,5H2,1-4H3,(H,26,28,30)/b16-9-. The maximum Gasteiger partial charge on any atom is 0.335 e. The Morgan fingerprint density at radius 2 is 1.84 bits per heavy atom. The minimum atomic E-state index is -0.792. The van der Waals surface area contributed by atoms with Gasteiger partial charge in [0.25, 0.3) is 11.8 Å². The van der Waals surface area contributed by atoms with Crippen LogP contribution in [0, 0.1) is 6.92 Å². The van der Waals surface area contributed by atoms with Crippen LogP contribution in [0.25, 0.3) is 6.08 Å². The molecule has 0 spiro atoms. The van der Waals surface area contributed by atoms with E-state index in [9.17, 15) is 14.4 Å². The predicted molar refractivity (Wildman–Crippen MR) is 129 cm³/mol. The molecule has 1 saturated heterocycles. The van der Waals surface area contributed by atoms with Crippen LogP contribution in [0.3, 0.4) is 0 Å². The number of benzene rings is 2. The minimum Gasteiger partial charge on any atom is -0.490 e. The number of barbiturate groups is 1. The lowest BCUT2D eigenvalue weighted by Crippen LogP contribution is -2.54. The summed E-state index contributed by atoms with van der Waals surface area (Å²) in [6.45, 7) is 7.84. The number of urea groups is 1. The van der Waals surface area contributed by atoms with E-state index < -0.39 is 17.8 Å². The van der Waals surface area contributed by atoms with Gasteiger partial charge in [0.05, 0.1) is 22.9 Å². The molecule has 2 aromatic carbocycles. The number of aryl methyl sites for hydroxylation is 1. The van der Waals surface area contributed by atoms with Crippen molar-refractivity contribution in [3.63, 3.8) is 0 Å². The summed E-state index contributed by atoms with van der Waals surface area (Å²) in [5.74, 6) is -0.461. The van der Waals surface area contributed by atoms with Crippen molar-refractivity contribution in [2.75, 3.05) is 11.5 Å². The van der Waals surface area contributed by atoms with Crippen molar-refractivity contribution in [3.05, 3.63) is 56.0 Å². The highest BCUT2D eigenvalue weighted by Crippen LogP contribution is 2.38. The maximum atomic E-state index is 13.2. The second kappa shape index (κ2) is 9.87. The number of carbonyl (C=O) groups excluding carboxylic acids is 3. The Morgan fingerprint density at radius 1 is 1.12 bits per heavy atom. The van der Waals surface area contributed by atoms with Gasteiger partial charge in [-0.05, 0) is 91.2 Å². The average molecular weight is 566 g/mol. The van der Waals surface area contributed by atoms with Crippen molar-refractivity contribution >= 4 is 61.5 Å². The van der Waals surface area contributed by atoms with E-state index in [-0.39, 0.29) is 11.7 Å². The summed E-state index contributed by atoms with van der Waals surface area (Å²) in [6.07, 6.45) is 1.35. The summed E-state index contributed by atoms with van der Waals surface area (Å²) in [7, 11) is 0. The highest BCUT2D eigenvalue weighted by molar-refractivity contribution is 9.10. The van der Waals surface area contributed by atoms with Gasteiger partial charge < -0.3 is 9.47 Å². The number of halogens is 2. The van der Waals surface area contributed by atoms with E-state index in [2.05, 4.69) is 37.2 Å². The van der Waals surface area contributed by atoms with Gasteiger partial charge in [0.2, 0.25) is 0 Å². The van der Waals surface area contributed by atoms with E-state index in [1.54, 1.807) is 37.3 Å². The molecular weight excluding hydrogens is 544 g/mol. The van der Waals surface area contributed by atoms with Crippen LogP contribution in [-0.4, -0.2) is 30.6 Å². The lowest BCUT2D eigenvalue weighted by molar-refractivity contribution is -0.122. The predicted octanol–water partition coefficient (Wildman–Crippen LogP) is 5.37. The number of nitrogens with one attached hydrogen (secondary N) is 1. The van der Waals surface area contributed by atoms with E-state index in [1.807, 2.05) is 20.8 Å². The van der Waals surface area contributed by atoms with Gasteiger partial charge >= 0.3 is 6.03 Å². The van der Waals surface area contributed by atoms with Crippen molar-refractivity contribution < 1.29 is 23.9 Å². The number of rotatable bonds is 6. The average Bonchev–Trinajstić information content (AvgIpc) is 2.69. The Morgan fingerprint density at radius 3 is 2.47 bits per heavy atom. The molecule has 168 valence electrons. The fourth-order valence-electron chi connectivity index (χ4n) is 3.20. The Balaban J connectivity index is 2.05. The molecule has 1 heterocycles. The largest absolute Gasteiger partial charge is 0.490 e. The molecule has 0 radical (unpaired) electrons. The number of nitrogens with zero attached hydrogens (tertiary/aromatic N) is 1. The van der Waals surface area contributed by atoms with Crippen molar-refractivity contribution in [2.45, 2.75) is 33.8 Å². The van der Waals surface area contributed by atoms with E-state index in [0.29, 0.717) is 39.4 Å². The summed E-state index contributed by atoms with van der Waals surface area (Å²) in [4.78, 5) is 39.2. The Kier molecular flexibility index (Phi) is 7.40. The summed E-state index contributed by atoms with van der Waals surface area (Å²) in [6, 6.07) is 7.77. The molecule has 1 fully saturated rings. The first kappa shape index (κ1) is 24.0. The lowest BCUT2D eigenvalue weighted by Gasteiger charge is -2.27. The number of hydrogen-bond donors (Lipinski definition) is 1. The van der Waals surface area contributed by atoms with Crippen LogP contribution in [0.1, 0.15) is 31.9 Å². The van der Waals surface area contributed by atoms with Gasteiger partial charge in [0, 0.05) is 4.47 Å². The Bertz CT molecular complexity index is 1130. The second-order valence-corrected chi connectivity index (χ2v) is 9.09. The van der Waals surface area contributed by atoms with Gasteiger partial charge in [-0.15, -0.1) is 0 Å². The highest BCUT2D eigenvalue weighted by Gasteiger charge is 2.37. The molecule has 7 nitrogen and oxygen atoms in total. The fourth-order valence-corrected chi connectivity index (χ4v) is 4.23. The highest BCUT2D eigenvalue weighted by atomic mass is 79.9. The third-order valence-electron chi connectivity index (χ3n) is 4.50.